The highest BCUT2D eigenvalue weighted by atomic mass is 19.1. The highest BCUT2D eigenvalue weighted by molar-refractivity contribution is 5.35. The van der Waals surface area contributed by atoms with Crippen molar-refractivity contribution in [1.82, 2.24) is 20.2 Å². The summed E-state index contributed by atoms with van der Waals surface area (Å²) in [5.74, 6) is 1.51. The molecule has 1 aliphatic heterocycles. The summed E-state index contributed by atoms with van der Waals surface area (Å²) in [7, 11) is 3.91. The molecule has 1 aliphatic rings. The van der Waals surface area contributed by atoms with E-state index in [-0.39, 0.29) is 11.9 Å². The molecule has 1 fully saturated rings. The number of hydrogen-bond acceptors (Lipinski definition) is 5. The van der Waals surface area contributed by atoms with Crippen LogP contribution in [-0.2, 0) is 13.1 Å². The van der Waals surface area contributed by atoms with Gasteiger partial charge in [0.2, 0.25) is 0 Å². The van der Waals surface area contributed by atoms with Crippen LogP contribution in [0.2, 0.25) is 0 Å². The van der Waals surface area contributed by atoms with Crippen molar-refractivity contribution in [3.05, 3.63) is 53.2 Å². The summed E-state index contributed by atoms with van der Waals surface area (Å²) in [6.07, 6.45) is 2.25. The maximum absolute atomic E-state index is 13.0. The van der Waals surface area contributed by atoms with E-state index in [4.69, 9.17) is 4.98 Å². The fourth-order valence-corrected chi connectivity index (χ4v) is 3.02. The van der Waals surface area contributed by atoms with Crippen molar-refractivity contribution >= 4 is 5.82 Å². The van der Waals surface area contributed by atoms with E-state index in [0.717, 1.165) is 48.8 Å². The Bertz CT molecular complexity index is 668. The molecule has 24 heavy (non-hydrogen) atoms. The van der Waals surface area contributed by atoms with E-state index in [0.29, 0.717) is 6.54 Å². The number of benzene rings is 1. The van der Waals surface area contributed by atoms with E-state index in [1.54, 1.807) is 0 Å². The predicted molar refractivity (Wildman–Crippen MR) is 93.1 cm³/mol. The van der Waals surface area contributed by atoms with Crippen molar-refractivity contribution in [2.45, 2.75) is 32.0 Å². The number of halogens is 1. The molecule has 0 amide bonds. The van der Waals surface area contributed by atoms with Gasteiger partial charge in [-0.25, -0.2) is 14.4 Å². The van der Waals surface area contributed by atoms with E-state index in [9.17, 15) is 4.39 Å². The average molecular weight is 329 g/mol. The Hall–Kier alpha value is -2.05. The van der Waals surface area contributed by atoms with Gasteiger partial charge in [-0.1, -0.05) is 12.1 Å². The third-order valence-corrected chi connectivity index (χ3v) is 4.22. The molecule has 1 aromatic carbocycles. The molecule has 0 spiro atoms. The number of hydrogen-bond donors (Lipinski definition) is 2. The van der Waals surface area contributed by atoms with E-state index >= 15 is 0 Å². The number of nitrogens with zero attached hydrogens (tertiary/aromatic N) is 3. The molecule has 1 aromatic heterocycles. The highest BCUT2D eigenvalue weighted by Gasteiger charge is 2.20. The first kappa shape index (κ1) is 16.8. The molecule has 2 N–H and O–H groups in total. The standard InChI is InChI=1S/C18H24FN5/c1-20-17-10-15(22-18(23-17)16-4-3-9-21-16)12-24(2)11-13-5-7-14(19)8-6-13/h5-8,10,16,21H,3-4,9,11-12H2,1-2H3,(H,20,22,23)/t16-/m0/s1. The molecule has 1 saturated heterocycles. The fraction of sp³-hybridized carbons (Fsp3) is 0.444. The van der Waals surface area contributed by atoms with Crippen LogP contribution in [0.4, 0.5) is 10.2 Å². The number of nitrogens with one attached hydrogen (secondary N) is 2. The molecule has 6 heteroatoms. The normalized spacial score (nSPS) is 17.4. The summed E-state index contributed by atoms with van der Waals surface area (Å²) in [4.78, 5) is 11.5. The van der Waals surface area contributed by atoms with Gasteiger partial charge >= 0.3 is 0 Å². The summed E-state index contributed by atoms with van der Waals surface area (Å²) in [5, 5.41) is 6.57. The van der Waals surface area contributed by atoms with Crippen molar-refractivity contribution in [3.63, 3.8) is 0 Å². The zero-order valence-corrected chi connectivity index (χ0v) is 14.2. The second kappa shape index (κ2) is 7.68. The Kier molecular flexibility index (Phi) is 5.37. The van der Waals surface area contributed by atoms with Crippen molar-refractivity contribution < 1.29 is 4.39 Å². The Morgan fingerprint density at radius 2 is 2.04 bits per heavy atom. The molecule has 1 atom stereocenters. The van der Waals surface area contributed by atoms with Gasteiger partial charge in [0.25, 0.3) is 0 Å². The largest absolute Gasteiger partial charge is 0.373 e. The van der Waals surface area contributed by atoms with E-state index in [1.807, 2.05) is 32.3 Å². The molecule has 0 saturated carbocycles. The van der Waals surface area contributed by atoms with Crippen LogP contribution in [0.1, 0.15) is 36.0 Å². The Labute approximate surface area is 142 Å². The first-order chi connectivity index (χ1) is 11.6. The summed E-state index contributed by atoms with van der Waals surface area (Å²) in [5.41, 5.74) is 2.07. The summed E-state index contributed by atoms with van der Waals surface area (Å²) in [6.45, 7) is 2.49. The monoisotopic (exact) mass is 329 g/mol. The molecular formula is C18H24FN5. The Morgan fingerprint density at radius 3 is 2.71 bits per heavy atom. The molecule has 128 valence electrons. The van der Waals surface area contributed by atoms with Crippen LogP contribution in [-0.4, -0.2) is 35.5 Å². The maximum atomic E-state index is 13.0. The van der Waals surface area contributed by atoms with Gasteiger partial charge in [-0.05, 0) is 44.1 Å². The molecule has 0 radical (unpaired) electrons. The molecule has 2 heterocycles. The first-order valence-electron chi connectivity index (χ1n) is 8.36. The van der Waals surface area contributed by atoms with Crippen LogP contribution in [0.5, 0.6) is 0 Å². The summed E-state index contributed by atoms with van der Waals surface area (Å²) < 4.78 is 13.0. The van der Waals surface area contributed by atoms with Gasteiger partial charge in [0, 0.05) is 26.2 Å². The van der Waals surface area contributed by atoms with Gasteiger partial charge < -0.3 is 10.6 Å². The van der Waals surface area contributed by atoms with Crippen molar-refractivity contribution in [1.29, 1.82) is 0 Å². The maximum Gasteiger partial charge on any atom is 0.147 e. The SMILES string of the molecule is CNc1cc(CN(C)Cc2ccc(F)cc2)nc([C@@H]2CCCN2)n1. The van der Waals surface area contributed by atoms with Crippen molar-refractivity contribution in [2.24, 2.45) is 0 Å². The topological polar surface area (TPSA) is 53.1 Å². The van der Waals surface area contributed by atoms with Gasteiger partial charge in [0.05, 0.1) is 11.7 Å². The van der Waals surface area contributed by atoms with Crippen LogP contribution in [0.15, 0.2) is 30.3 Å². The third-order valence-electron chi connectivity index (χ3n) is 4.22. The van der Waals surface area contributed by atoms with Crippen molar-refractivity contribution in [2.75, 3.05) is 26.0 Å². The minimum absolute atomic E-state index is 0.204. The summed E-state index contributed by atoms with van der Waals surface area (Å²) >= 11 is 0. The van der Waals surface area contributed by atoms with Crippen LogP contribution in [0.3, 0.4) is 0 Å². The summed E-state index contributed by atoms with van der Waals surface area (Å²) in [6, 6.07) is 8.87. The molecule has 0 aliphatic carbocycles. The van der Waals surface area contributed by atoms with Gasteiger partial charge in [-0.2, -0.15) is 0 Å². The molecule has 5 nitrogen and oxygen atoms in total. The minimum Gasteiger partial charge on any atom is -0.373 e. The smallest absolute Gasteiger partial charge is 0.147 e. The van der Waals surface area contributed by atoms with Crippen LogP contribution in [0, 0.1) is 5.82 Å². The van der Waals surface area contributed by atoms with E-state index < -0.39 is 0 Å². The van der Waals surface area contributed by atoms with Gasteiger partial charge in [0.1, 0.15) is 17.5 Å². The lowest BCUT2D eigenvalue weighted by atomic mass is 10.2. The average Bonchev–Trinajstić information content (AvgIpc) is 3.11. The fourth-order valence-electron chi connectivity index (χ4n) is 3.02. The van der Waals surface area contributed by atoms with Crippen molar-refractivity contribution in [3.8, 4) is 0 Å². The van der Waals surface area contributed by atoms with Gasteiger partial charge in [-0.3, -0.25) is 4.90 Å². The quantitative estimate of drug-likeness (QED) is 0.853. The first-order valence-corrected chi connectivity index (χ1v) is 8.36. The lowest BCUT2D eigenvalue weighted by Crippen LogP contribution is -2.21. The zero-order chi connectivity index (χ0) is 16.9. The molecule has 0 bridgehead atoms. The molecular weight excluding hydrogens is 305 g/mol. The Morgan fingerprint density at radius 1 is 1.25 bits per heavy atom. The van der Waals surface area contributed by atoms with Gasteiger partial charge in [-0.15, -0.1) is 0 Å². The lowest BCUT2D eigenvalue weighted by molar-refractivity contribution is 0.314. The second-order valence-corrected chi connectivity index (χ2v) is 6.30. The predicted octanol–water partition coefficient (Wildman–Crippen LogP) is 2.71. The van der Waals surface area contributed by atoms with Gasteiger partial charge in [0.15, 0.2) is 0 Å². The zero-order valence-electron chi connectivity index (χ0n) is 14.2. The minimum atomic E-state index is -0.204. The number of rotatable bonds is 6. The molecule has 3 rings (SSSR count). The lowest BCUT2D eigenvalue weighted by Gasteiger charge is -2.18. The Balaban J connectivity index is 1.70. The molecule has 0 unspecified atom stereocenters. The van der Waals surface area contributed by atoms with E-state index in [2.05, 4.69) is 20.5 Å². The van der Waals surface area contributed by atoms with Crippen LogP contribution < -0.4 is 10.6 Å². The number of aromatic nitrogens is 2. The second-order valence-electron chi connectivity index (χ2n) is 6.30. The van der Waals surface area contributed by atoms with E-state index in [1.165, 1.54) is 12.1 Å². The van der Waals surface area contributed by atoms with Crippen LogP contribution >= 0.6 is 0 Å². The molecule has 2 aromatic rings. The van der Waals surface area contributed by atoms with Crippen LogP contribution in [0.25, 0.3) is 0 Å². The highest BCUT2D eigenvalue weighted by Crippen LogP contribution is 2.22. The number of anilines is 1. The third kappa shape index (κ3) is 4.27.